The summed E-state index contributed by atoms with van der Waals surface area (Å²) in [5, 5.41) is 3.00. The molecule has 140 valence electrons. The maximum atomic E-state index is 13.7. The van der Waals surface area contributed by atoms with Gasteiger partial charge in [0, 0.05) is 0 Å². The first kappa shape index (κ1) is 17.7. The summed E-state index contributed by atoms with van der Waals surface area (Å²) in [5.41, 5.74) is 2.87. The van der Waals surface area contributed by atoms with E-state index in [0.717, 1.165) is 16.7 Å². The van der Waals surface area contributed by atoms with E-state index < -0.39 is 0 Å². The number of imide groups is 1. The van der Waals surface area contributed by atoms with Crippen molar-refractivity contribution in [2.45, 2.75) is 18.5 Å². The van der Waals surface area contributed by atoms with E-state index in [1.54, 1.807) is 6.07 Å². The van der Waals surface area contributed by atoms with Crippen molar-refractivity contribution in [2.75, 3.05) is 20.6 Å². The highest BCUT2D eigenvalue weighted by molar-refractivity contribution is 5.99. The average Bonchev–Trinajstić information content (AvgIpc) is 3.00. The van der Waals surface area contributed by atoms with Crippen LogP contribution in [0.5, 0.6) is 0 Å². The van der Waals surface area contributed by atoms with E-state index in [-0.39, 0.29) is 42.3 Å². The van der Waals surface area contributed by atoms with Crippen LogP contribution in [0.2, 0.25) is 0 Å². The van der Waals surface area contributed by atoms with Crippen molar-refractivity contribution in [3.63, 3.8) is 0 Å². The summed E-state index contributed by atoms with van der Waals surface area (Å²) < 4.78 is 13.7. The summed E-state index contributed by atoms with van der Waals surface area (Å²) in [6.45, 7) is 0.181. The van der Waals surface area contributed by atoms with Crippen molar-refractivity contribution in [3.05, 3.63) is 71.0 Å². The van der Waals surface area contributed by atoms with Crippen LogP contribution in [-0.4, -0.2) is 42.4 Å². The van der Waals surface area contributed by atoms with Crippen LogP contribution in [-0.2, 0) is 11.2 Å². The number of benzene rings is 2. The van der Waals surface area contributed by atoms with E-state index in [2.05, 4.69) is 5.32 Å². The molecule has 0 spiro atoms. The Hall–Kier alpha value is -2.73. The fraction of sp³-hybridized carbons (Fsp3) is 0.333. The Bertz CT molecular complexity index is 899. The molecule has 0 aromatic heterocycles. The number of rotatable bonds is 4. The van der Waals surface area contributed by atoms with Gasteiger partial charge in [-0.2, -0.15) is 0 Å². The van der Waals surface area contributed by atoms with Gasteiger partial charge in [-0.25, -0.2) is 9.18 Å². The van der Waals surface area contributed by atoms with Crippen LogP contribution in [0.1, 0.15) is 28.8 Å². The Morgan fingerprint density at radius 1 is 1.19 bits per heavy atom. The van der Waals surface area contributed by atoms with Crippen molar-refractivity contribution < 1.29 is 14.0 Å². The standard InChI is InChI=1S/C21H22FN3O2/c1-24(2)18(14-7-5-8-15(22)10-14)12-25-20(26)17-11-13-6-3-4-9-16(13)19(17)23-21(25)27/h3-10,17-19H,11-12H2,1-2H3,(H,23,27)/t17-,18?,19+/m1/s1. The predicted molar refractivity (Wildman–Crippen MR) is 99.4 cm³/mol. The molecule has 2 aromatic rings. The molecule has 4 rings (SSSR count). The Morgan fingerprint density at radius 3 is 2.70 bits per heavy atom. The number of halogens is 1. The number of nitrogens with one attached hydrogen (secondary N) is 1. The van der Waals surface area contributed by atoms with E-state index in [0.29, 0.717) is 6.42 Å². The average molecular weight is 367 g/mol. The van der Waals surface area contributed by atoms with Gasteiger partial charge in [-0.3, -0.25) is 9.69 Å². The number of hydrogen-bond acceptors (Lipinski definition) is 3. The van der Waals surface area contributed by atoms with Crippen LogP contribution in [0.15, 0.2) is 48.5 Å². The molecule has 1 aliphatic heterocycles. The monoisotopic (exact) mass is 367 g/mol. The Labute approximate surface area is 157 Å². The molecule has 0 bridgehead atoms. The van der Waals surface area contributed by atoms with E-state index >= 15 is 0 Å². The van der Waals surface area contributed by atoms with Gasteiger partial charge in [0.2, 0.25) is 5.91 Å². The summed E-state index contributed by atoms with van der Waals surface area (Å²) in [6.07, 6.45) is 0.628. The number of nitrogens with zero attached hydrogens (tertiary/aromatic N) is 2. The Morgan fingerprint density at radius 2 is 1.96 bits per heavy atom. The lowest BCUT2D eigenvalue weighted by atomic mass is 9.96. The fourth-order valence-electron chi connectivity index (χ4n) is 4.14. The van der Waals surface area contributed by atoms with E-state index in [4.69, 9.17) is 0 Å². The minimum absolute atomic E-state index is 0.164. The zero-order valence-corrected chi connectivity index (χ0v) is 15.4. The third-order valence-corrected chi connectivity index (χ3v) is 5.55. The number of likely N-dealkylation sites (N-methyl/N-ethyl adjacent to an activating group) is 1. The smallest absolute Gasteiger partial charge is 0.324 e. The molecular weight excluding hydrogens is 345 g/mol. The molecule has 1 heterocycles. The molecule has 1 unspecified atom stereocenters. The van der Waals surface area contributed by atoms with Gasteiger partial charge in [0.05, 0.1) is 24.5 Å². The zero-order chi connectivity index (χ0) is 19.1. The summed E-state index contributed by atoms with van der Waals surface area (Å²) in [7, 11) is 3.71. The number of amides is 3. The topological polar surface area (TPSA) is 52.6 Å². The third-order valence-electron chi connectivity index (χ3n) is 5.55. The molecule has 2 aromatic carbocycles. The lowest BCUT2D eigenvalue weighted by Crippen LogP contribution is -2.56. The molecule has 5 nitrogen and oxygen atoms in total. The molecule has 1 fully saturated rings. The summed E-state index contributed by atoms with van der Waals surface area (Å²) in [5.74, 6) is -0.779. The van der Waals surface area contributed by atoms with Gasteiger partial charge in [0.25, 0.3) is 0 Å². The normalized spacial score (nSPS) is 22.4. The molecule has 1 aliphatic carbocycles. The molecule has 6 heteroatoms. The van der Waals surface area contributed by atoms with E-state index in [1.807, 2.05) is 49.3 Å². The second-order valence-corrected chi connectivity index (χ2v) is 7.42. The lowest BCUT2D eigenvalue weighted by Gasteiger charge is -2.37. The van der Waals surface area contributed by atoms with Crippen LogP contribution in [0.25, 0.3) is 0 Å². The Kier molecular flexibility index (Phi) is 4.44. The van der Waals surface area contributed by atoms with E-state index in [1.165, 1.54) is 17.0 Å². The SMILES string of the molecule is CN(C)C(CN1C(=O)N[C@H]2c3ccccc3C[C@H]2C1=O)c1cccc(F)c1. The fourth-order valence-corrected chi connectivity index (χ4v) is 4.14. The molecule has 1 N–H and O–H groups in total. The maximum absolute atomic E-state index is 13.7. The molecule has 0 saturated carbocycles. The highest BCUT2D eigenvalue weighted by Gasteiger charge is 2.46. The van der Waals surface area contributed by atoms with Gasteiger partial charge in [0.1, 0.15) is 5.82 Å². The largest absolute Gasteiger partial charge is 0.330 e. The second kappa shape index (κ2) is 6.78. The second-order valence-electron chi connectivity index (χ2n) is 7.42. The lowest BCUT2D eigenvalue weighted by molar-refractivity contribution is -0.135. The van der Waals surface area contributed by atoms with E-state index in [9.17, 15) is 14.0 Å². The predicted octanol–water partition coefficient (Wildman–Crippen LogP) is 2.89. The van der Waals surface area contributed by atoms with Crippen molar-refractivity contribution in [3.8, 4) is 0 Å². The molecule has 0 radical (unpaired) electrons. The number of urea groups is 1. The van der Waals surface area contributed by atoms with Crippen LogP contribution in [0, 0.1) is 11.7 Å². The molecule has 27 heavy (non-hydrogen) atoms. The summed E-state index contributed by atoms with van der Waals surface area (Å²) >= 11 is 0. The minimum Gasteiger partial charge on any atom is -0.330 e. The van der Waals surface area contributed by atoms with Crippen molar-refractivity contribution in [1.29, 1.82) is 0 Å². The quantitative estimate of drug-likeness (QED) is 0.904. The van der Waals surface area contributed by atoms with Crippen molar-refractivity contribution in [1.82, 2.24) is 15.1 Å². The van der Waals surface area contributed by atoms with Crippen LogP contribution in [0.3, 0.4) is 0 Å². The zero-order valence-electron chi connectivity index (χ0n) is 15.4. The minimum atomic E-state index is -0.388. The van der Waals surface area contributed by atoms with Crippen molar-refractivity contribution >= 4 is 11.9 Å². The number of fused-ring (bicyclic) bond motifs is 3. The van der Waals surface area contributed by atoms with Gasteiger partial charge >= 0.3 is 6.03 Å². The van der Waals surface area contributed by atoms with Gasteiger partial charge in [-0.15, -0.1) is 0 Å². The highest BCUT2D eigenvalue weighted by Crippen LogP contribution is 2.39. The number of carbonyl (C=O) groups is 2. The van der Waals surface area contributed by atoms with Crippen LogP contribution in [0.4, 0.5) is 9.18 Å². The maximum Gasteiger partial charge on any atom is 0.324 e. The summed E-state index contributed by atoms with van der Waals surface area (Å²) in [4.78, 5) is 29.0. The first-order valence-electron chi connectivity index (χ1n) is 9.07. The molecular formula is C21H22FN3O2. The molecule has 3 amide bonds. The number of hydrogen-bond donors (Lipinski definition) is 1. The van der Waals surface area contributed by atoms with Gasteiger partial charge in [0.15, 0.2) is 0 Å². The first-order valence-corrected chi connectivity index (χ1v) is 9.07. The van der Waals surface area contributed by atoms with Crippen LogP contribution < -0.4 is 5.32 Å². The van der Waals surface area contributed by atoms with Gasteiger partial charge < -0.3 is 10.2 Å². The van der Waals surface area contributed by atoms with Crippen molar-refractivity contribution in [2.24, 2.45) is 5.92 Å². The van der Waals surface area contributed by atoms with Gasteiger partial charge in [-0.05, 0) is 49.3 Å². The third kappa shape index (κ3) is 3.10. The van der Waals surface area contributed by atoms with Gasteiger partial charge in [-0.1, -0.05) is 36.4 Å². The highest BCUT2D eigenvalue weighted by atomic mass is 19.1. The number of carbonyl (C=O) groups excluding carboxylic acids is 2. The first-order chi connectivity index (χ1) is 13.0. The molecule has 1 saturated heterocycles. The summed E-state index contributed by atoms with van der Waals surface area (Å²) in [6, 6.07) is 13.2. The Balaban J connectivity index is 1.59. The molecule has 3 atom stereocenters. The molecule has 2 aliphatic rings. The van der Waals surface area contributed by atoms with Crippen LogP contribution >= 0.6 is 0 Å².